The summed E-state index contributed by atoms with van der Waals surface area (Å²) in [7, 11) is -3.52. The molecule has 0 atom stereocenters. The molecule has 20 heavy (non-hydrogen) atoms. The number of nitrogens with one attached hydrogen (secondary N) is 2. The number of aromatic nitrogens is 2. The SMILES string of the molecule is Cc1n[nH]c(C)c1S(=O)(=O)NCCCCCCC(=O)O. The Morgan fingerprint density at radius 3 is 2.45 bits per heavy atom. The summed E-state index contributed by atoms with van der Waals surface area (Å²) < 4.78 is 26.7. The van der Waals surface area contributed by atoms with E-state index in [0.29, 0.717) is 30.8 Å². The molecule has 1 aromatic rings. The quantitative estimate of drug-likeness (QED) is 0.596. The third-order valence-corrected chi connectivity index (χ3v) is 4.66. The van der Waals surface area contributed by atoms with Crippen LogP contribution in [0.25, 0.3) is 0 Å². The molecule has 0 bridgehead atoms. The maximum atomic E-state index is 12.1. The summed E-state index contributed by atoms with van der Waals surface area (Å²) in [5, 5.41) is 15.0. The van der Waals surface area contributed by atoms with Gasteiger partial charge in [0, 0.05) is 13.0 Å². The van der Waals surface area contributed by atoms with Crippen LogP contribution in [0.5, 0.6) is 0 Å². The Bertz CT molecular complexity index is 532. The predicted octanol–water partition coefficient (Wildman–Crippen LogP) is 1.34. The fourth-order valence-corrected chi connectivity index (χ4v) is 3.41. The van der Waals surface area contributed by atoms with E-state index in [0.717, 1.165) is 12.8 Å². The van der Waals surface area contributed by atoms with Crippen LogP contribution >= 0.6 is 0 Å². The van der Waals surface area contributed by atoms with Gasteiger partial charge in [-0.05, 0) is 26.7 Å². The van der Waals surface area contributed by atoms with Gasteiger partial charge in [0.15, 0.2) is 0 Å². The van der Waals surface area contributed by atoms with Gasteiger partial charge >= 0.3 is 5.97 Å². The largest absolute Gasteiger partial charge is 0.481 e. The predicted molar refractivity (Wildman–Crippen MR) is 74.0 cm³/mol. The number of rotatable bonds is 9. The van der Waals surface area contributed by atoms with Crippen molar-refractivity contribution in [3.8, 4) is 0 Å². The van der Waals surface area contributed by atoms with Crippen LogP contribution in [-0.2, 0) is 14.8 Å². The van der Waals surface area contributed by atoms with Gasteiger partial charge in [0.1, 0.15) is 4.90 Å². The second kappa shape index (κ2) is 7.39. The number of aliphatic carboxylic acids is 1. The fraction of sp³-hybridized carbons (Fsp3) is 0.667. The molecule has 0 aliphatic heterocycles. The zero-order valence-corrected chi connectivity index (χ0v) is 12.6. The molecule has 1 heterocycles. The lowest BCUT2D eigenvalue weighted by Gasteiger charge is -2.06. The van der Waals surface area contributed by atoms with Crippen molar-refractivity contribution in [2.45, 2.75) is 50.8 Å². The summed E-state index contributed by atoms with van der Waals surface area (Å²) in [4.78, 5) is 10.5. The van der Waals surface area contributed by atoms with Crippen LogP contribution in [0.1, 0.15) is 43.5 Å². The van der Waals surface area contributed by atoms with Crippen molar-refractivity contribution in [3.05, 3.63) is 11.4 Å². The number of sulfonamides is 1. The van der Waals surface area contributed by atoms with Gasteiger partial charge in [0.25, 0.3) is 0 Å². The number of hydrogen-bond acceptors (Lipinski definition) is 4. The zero-order valence-electron chi connectivity index (χ0n) is 11.8. The Kier molecular flexibility index (Phi) is 6.15. The molecule has 114 valence electrons. The average Bonchev–Trinajstić information content (AvgIpc) is 2.68. The minimum absolute atomic E-state index is 0.166. The maximum absolute atomic E-state index is 12.1. The van der Waals surface area contributed by atoms with E-state index in [2.05, 4.69) is 14.9 Å². The smallest absolute Gasteiger partial charge is 0.303 e. The molecule has 0 amide bonds. The highest BCUT2D eigenvalue weighted by Crippen LogP contribution is 2.16. The van der Waals surface area contributed by atoms with Crippen molar-refractivity contribution in [1.29, 1.82) is 0 Å². The summed E-state index contributed by atoms with van der Waals surface area (Å²) in [6.07, 6.45) is 3.08. The number of aromatic amines is 1. The lowest BCUT2D eigenvalue weighted by atomic mass is 10.1. The van der Waals surface area contributed by atoms with E-state index in [9.17, 15) is 13.2 Å². The van der Waals surface area contributed by atoms with Crippen molar-refractivity contribution in [1.82, 2.24) is 14.9 Å². The van der Waals surface area contributed by atoms with Crippen LogP contribution in [0.4, 0.5) is 0 Å². The van der Waals surface area contributed by atoms with Crippen molar-refractivity contribution in [2.24, 2.45) is 0 Å². The van der Waals surface area contributed by atoms with Gasteiger partial charge in [-0.25, -0.2) is 13.1 Å². The van der Waals surface area contributed by atoms with Gasteiger partial charge in [0.2, 0.25) is 10.0 Å². The van der Waals surface area contributed by atoms with Gasteiger partial charge in [-0.3, -0.25) is 9.89 Å². The topological polar surface area (TPSA) is 112 Å². The number of nitrogens with zero attached hydrogens (tertiary/aromatic N) is 1. The molecule has 7 nitrogen and oxygen atoms in total. The molecule has 0 spiro atoms. The van der Waals surface area contributed by atoms with Crippen molar-refractivity contribution >= 4 is 16.0 Å². The highest BCUT2D eigenvalue weighted by molar-refractivity contribution is 7.89. The van der Waals surface area contributed by atoms with Crippen molar-refractivity contribution in [2.75, 3.05) is 6.54 Å². The highest BCUT2D eigenvalue weighted by Gasteiger charge is 2.21. The van der Waals surface area contributed by atoms with Crippen molar-refractivity contribution in [3.63, 3.8) is 0 Å². The minimum atomic E-state index is -3.52. The molecule has 0 aliphatic carbocycles. The van der Waals surface area contributed by atoms with Crippen LogP contribution in [0.3, 0.4) is 0 Å². The highest BCUT2D eigenvalue weighted by atomic mass is 32.2. The Hall–Kier alpha value is -1.41. The van der Waals surface area contributed by atoms with E-state index in [4.69, 9.17) is 5.11 Å². The van der Waals surface area contributed by atoms with E-state index in [1.165, 1.54) is 0 Å². The van der Waals surface area contributed by atoms with E-state index < -0.39 is 16.0 Å². The molecule has 0 saturated carbocycles. The summed E-state index contributed by atoms with van der Waals surface area (Å²) in [5.74, 6) is -0.795. The maximum Gasteiger partial charge on any atom is 0.303 e. The third-order valence-electron chi connectivity index (χ3n) is 2.94. The summed E-state index contributed by atoms with van der Waals surface area (Å²) in [6.45, 7) is 3.66. The number of carboxylic acids is 1. The number of carbonyl (C=O) groups is 1. The first-order valence-corrected chi connectivity index (χ1v) is 8.06. The molecule has 0 unspecified atom stereocenters. The Morgan fingerprint density at radius 2 is 1.90 bits per heavy atom. The number of unbranched alkanes of at least 4 members (excludes halogenated alkanes) is 3. The fourth-order valence-electron chi connectivity index (χ4n) is 1.97. The van der Waals surface area contributed by atoms with Crippen LogP contribution in [0.2, 0.25) is 0 Å². The number of carboxylic acid groups (broad SMARTS) is 1. The average molecular weight is 303 g/mol. The van der Waals surface area contributed by atoms with Crippen molar-refractivity contribution < 1.29 is 18.3 Å². The third kappa shape index (κ3) is 4.93. The monoisotopic (exact) mass is 303 g/mol. The second-order valence-corrected chi connectivity index (χ2v) is 6.42. The normalized spacial score (nSPS) is 11.7. The van der Waals surface area contributed by atoms with E-state index in [1.54, 1.807) is 13.8 Å². The molecule has 1 rings (SSSR count). The molecule has 1 aromatic heterocycles. The van der Waals surface area contributed by atoms with Crippen LogP contribution in [-0.4, -0.2) is 36.2 Å². The Labute approximate surface area is 118 Å². The Morgan fingerprint density at radius 1 is 1.25 bits per heavy atom. The number of aryl methyl sites for hydroxylation is 2. The Balaban J connectivity index is 2.33. The lowest BCUT2D eigenvalue weighted by molar-refractivity contribution is -0.137. The minimum Gasteiger partial charge on any atom is -0.481 e. The lowest BCUT2D eigenvalue weighted by Crippen LogP contribution is -2.25. The van der Waals surface area contributed by atoms with Gasteiger partial charge in [-0.15, -0.1) is 0 Å². The van der Waals surface area contributed by atoms with Gasteiger partial charge < -0.3 is 5.11 Å². The van der Waals surface area contributed by atoms with Gasteiger partial charge in [0.05, 0.1) is 11.4 Å². The van der Waals surface area contributed by atoms with Gasteiger partial charge in [-0.1, -0.05) is 12.8 Å². The van der Waals surface area contributed by atoms with E-state index in [1.807, 2.05) is 0 Å². The molecule has 0 fully saturated rings. The molecule has 3 N–H and O–H groups in total. The molecular weight excluding hydrogens is 282 g/mol. The number of H-pyrrole nitrogens is 1. The molecule has 8 heteroatoms. The first-order valence-electron chi connectivity index (χ1n) is 6.57. The van der Waals surface area contributed by atoms with E-state index in [-0.39, 0.29) is 11.3 Å². The second-order valence-electron chi connectivity index (χ2n) is 4.72. The summed E-state index contributed by atoms with van der Waals surface area (Å²) in [5.41, 5.74) is 0.980. The standard InChI is InChI=1S/C12H21N3O4S/c1-9-12(10(2)15-14-9)20(18,19)13-8-6-4-3-5-7-11(16)17/h13H,3-8H2,1-2H3,(H,14,15)(H,16,17). The summed E-state index contributed by atoms with van der Waals surface area (Å²) >= 11 is 0. The van der Waals surface area contributed by atoms with Gasteiger partial charge in [-0.2, -0.15) is 5.10 Å². The first-order chi connectivity index (χ1) is 9.34. The van der Waals surface area contributed by atoms with Crippen LogP contribution in [0.15, 0.2) is 4.90 Å². The number of hydrogen-bond donors (Lipinski definition) is 3. The summed E-state index contributed by atoms with van der Waals surface area (Å²) in [6, 6.07) is 0. The molecular formula is C12H21N3O4S. The van der Waals surface area contributed by atoms with E-state index >= 15 is 0 Å². The molecule has 0 aliphatic rings. The molecule has 0 radical (unpaired) electrons. The first kappa shape index (κ1) is 16.6. The van der Waals surface area contributed by atoms with Crippen LogP contribution < -0.4 is 4.72 Å². The molecule has 0 aromatic carbocycles. The zero-order chi connectivity index (χ0) is 15.2. The molecule has 0 saturated heterocycles. The van der Waals surface area contributed by atoms with Crippen LogP contribution in [0, 0.1) is 13.8 Å².